The number of allylic oxidation sites excluding steroid dienone is 1. The van der Waals surface area contributed by atoms with Crippen molar-refractivity contribution in [3.8, 4) is 11.1 Å². The summed E-state index contributed by atoms with van der Waals surface area (Å²) < 4.78 is 0. The van der Waals surface area contributed by atoms with E-state index in [0.29, 0.717) is 0 Å². The molecular weight excluding hydrogens is 336 g/mol. The molecule has 1 unspecified atom stereocenters. The van der Waals surface area contributed by atoms with Crippen LogP contribution in [-0.4, -0.2) is 0 Å². The van der Waals surface area contributed by atoms with Crippen molar-refractivity contribution >= 4 is 0 Å². The highest BCUT2D eigenvalue weighted by atomic mass is 14.3. The Morgan fingerprint density at radius 2 is 1.61 bits per heavy atom. The van der Waals surface area contributed by atoms with E-state index in [4.69, 9.17) is 0 Å². The van der Waals surface area contributed by atoms with E-state index in [9.17, 15) is 0 Å². The zero-order chi connectivity index (χ0) is 19.3. The molecule has 1 atom stereocenters. The fourth-order valence-corrected chi connectivity index (χ4v) is 5.60. The summed E-state index contributed by atoms with van der Waals surface area (Å²) in [4.78, 5) is 0. The van der Waals surface area contributed by atoms with E-state index in [1.54, 1.807) is 11.1 Å². The molecule has 0 spiro atoms. The van der Waals surface area contributed by atoms with Gasteiger partial charge in [0.05, 0.1) is 0 Å². The largest absolute Gasteiger partial charge is 0.103 e. The summed E-state index contributed by atoms with van der Waals surface area (Å²) in [5.74, 6) is 2.85. The van der Waals surface area contributed by atoms with Crippen LogP contribution in [0.4, 0.5) is 0 Å². The Hall–Kier alpha value is -1.82. The van der Waals surface area contributed by atoms with E-state index in [-0.39, 0.29) is 0 Å². The Bertz CT molecular complexity index is 774. The highest BCUT2D eigenvalue weighted by Crippen LogP contribution is 2.41. The topological polar surface area (TPSA) is 0 Å². The average molecular weight is 373 g/mol. The van der Waals surface area contributed by atoms with Crippen LogP contribution in [0.15, 0.2) is 55.1 Å². The molecule has 2 aliphatic carbocycles. The van der Waals surface area contributed by atoms with Crippen LogP contribution in [0.2, 0.25) is 0 Å². The smallest absolute Gasteiger partial charge is 0.0181 e. The molecule has 1 saturated carbocycles. The Morgan fingerprint density at radius 1 is 0.857 bits per heavy atom. The van der Waals surface area contributed by atoms with Crippen molar-refractivity contribution in [3.63, 3.8) is 0 Å². The molecule has 2 aromatic carbocycles. The summed E-state index contributed by atoms with van der Waals surface area (Å²) in [7, 11) is 0. The van der Waals surface area contributed by atoms with E-state index >= 15 is 0 Å². The van der Waals surface area contributed by atoms with Gasteiger partial charge in [-0.2, -0.15) is 0 Å². The molecule has 0 N–H and O–H groups in total. The minimum atomic E-state index is 0.919. The molecule has 0 amide bonds. The maximum atomic E-state index is 3.89. The lowest BCUT2D eigenvalue weighted by Gasteiger charge is -2.36. The second-order valence-corrected chi connectivity index (χ2v) is 9.18. The molecule has 0 heterocycles. The molecule has 0 nitrogen and oxygen atoms in total. The van der Waals surface area contributed by atoms with Crippen LogP contribution < -0.4 is 0 Å². The van der Waals surface area contributed by atoms with E-state index in [1.807, 2.05) is 0 Å². The van der Waals surface area contributed by atoms with Gasteiger partial charge >= 0.3 is 0 Å². The second-order valence-electron chi connectivity index (χ2n) is 9.18. The van der Waals surface area contributed by atoms with Gasteiger partial charge in [-0.3, -0.25) is 0 Å². The molecule has 1 fully saturated rings. The molecule has 0 aromatic heterocycles. The molecule has 148 valence electrons. The van der Waals surface area contributed by atoms with Gasteiger partial charge in [-0.25, -0.2) is 0 Å². The van der Waals surface area contributed by atoms with Crippen LogP contribution in [0, 0.1) is 17.8 Å². The third-order valence-corrected chi connectivity index (χ3v) is 7.51. The highest BCUT2D eigenvalue weighted by Gasteiger charge is 2.30. The summed E-state index contributed by atoms with van der Waals surface area (Å²) in [6.07, 6.45) is 15.6. The molecule has 2 aliphatic rings. The first-order chi connectivity index (χ1) is 13.8. The fraction of sp³-hybridized carbons (Fsp3) is 0.500. The van der Waals surface area contributed by atoms with Crippen molar-refractivity contribution in [3.05, 3.63) is 71.8 Å². The molecule has 4 rings (SSSR count). The zero-order valence-electron chi connectivity index (χ0n) is 17.6. The van der Waals surface area contributed by atoms with Gasteiger partial charge in [0.25, 0.3) is 0 Å². The van der Waals surface area contributed by atoms with Crippen molar-refractivity contribution in [1.29, 1.82) is 0 Å². The van der Waals surface area contributed by atoms with E-state index in [0.717, 1.165) is 24.2 Å². The Balaban J connectivity index is 1.39. The first kappa shape index (κ1) is 19.5. The first-order valence-corrected chi connectivity index (χ1v) is 11.6. The fourth-order valence-electron chi connectivity index (χ4n) is 5.60. The van der Waals surface area contributed by atoms with E-state index in [1.165, 1.54) is 74.5 Å². The number of benzene rings is 2. The van der Waals surface area contributed by atoms with Crippen molar-refractivity contribution in [2.45, 2.75) is 71.1 Å². The molecule has 0 heteroatoms. The van der Waals surface area contributed by atoms with Gasteiger partial charge in [0, 0.05) is 0 Å². The van der Waals surface area contributed by atoms with Crippen molar-refractivity contribution in [1.82, 2.24) is 0 Å². The Labute approximate surface area is 172 Å². The summed E-state index contributed by atoms with van der Waals surface area (Å²) in [6.45, 7) is 6.11. The normalized spacial score (nSPS) is 24.5. The van der Waals surface area contributed by atoms with E-state index < -0.39 is 0 Å². The average Bonchev–Trinajstić information content (AvgIpc) is 2.77. The monoisotopic (exact) mass is 372 g/mol. The SMILES string of the molecule is C=CCCC1CCC(C2CCc3cc(-c4ccc(CC)cc4)ccc3C2)CC1. The zero-order valence-corrected chi connectivity index (χ0v) is 17.6. The van der Waals surface area contributed by atoms with Gasteiger partial charge in [0.1, 0.15) is 0 Å². The predicted molar refractivity (Wildman–Crippen MR) is 122 cm³/mol. The van der Waals surface area contributed by atoms with Gasteiger partial charge in [0.15, 0.2) is 0 Å². The number of hydrogen-bond donors (Lipinski definition) is 0. The first-order valence-electron chi connectivity index (χ1n) is 11.6. The number of aryl methyl sites for hydroxylation is 2. The van der Waals surface area contributed by atoms with E-state index in [2.05, 4.69) is 62.0 Å². The standard InChI is InChI=1S/C28H36/c1-3-5-6-22-9-13-24(14-10-22)26-16-18-27-19-25(15-17-28(27)20-26)23-11-7-21(4-2)8-12-23/h3,7-8,11-12,15,17,19,22,24,26H,1,4-6,9-10,13-14,16,18,20H2,2H3. The third-order valence-electron chi connectivity index (χ3n) is 7.51. The number of fused-ring (bicyclic) bond motifs is 1. The molecular formula is C28H36. The van der Waals surface area contributed by atoms with Gasteiger partial charge in [-0.1, -0.05) is 68.3 Å². The second kappa shape index (κ2) is 9.12. The summed E-state index contributed by atoms with van der Waals surface area (Å²) in [5.41, 5.74) is 7.40. The molecule has 28 heavy (non-hydrogen) atoms. The van der Waals surface area contributed by atoms with Gasteiger partial charge in [-0.05, 0) is 96.9 Å². The van der Waals surface area contributed by atoms with Crippen molar-refractivity contribution in [2.75, 3.05) is 0 Å². The number of rotatable bonds is 6. The van der Waals surface area contributed by atoms with Crippen LogP contribution in [-0.2, 0) is 19.3 Å². The maximum absolute atomic E-state index is 3.89. The van der Waals surface area contributed by atoms with Crippen molar-refractivity contribution in [2.24, 2.45) is 17.8 Å². The van der Waals surface area contributed by atoms with Gasteiger partial charge < -0.3 is 0 Å². The number of hydrogen-bond acceptors (Lipinski definition) is 0. The third kappa shape index (κ3) is 4.43. The summed E-state index contributed by atoms with van der Waals surface area (Å²) in [6, 6.07) is 16.4. The van der Waals surface area contributed by atoms with Gasteiger partial charge in [-0.15, -0.1) is 6.58 Å². The molecule has 0 radical (unpaired) electrons. The Kier molecular flexibility index (Phi) is 6.35. The summed E-state index contributed by atoms with van der Waals surface area (Å²) in [5, 5.41) is 0. The lowest BCUT2D eigenvalue weighted by Crippen LogP contribution is -2.26. The lowest BCUT2D eigenvalue weighted by molar-refractivity contribution is 0.185. The summed E-state index contributed by atoms with van der Waals surface area (Å²) >= 11 is 0. The molecule has 0 aliphatic heterocycles. The van der Waals surface area contributed by atoms with Gasteiger partial charge in [0.2, 0.25) is 0 Å². The van der Waals surface area contributed by atoms with Crippen LogP contribution >= 0.6 is 0 Å². The minimum Gasteiger partial charge on any atom is -0.103 e. The van der Waals surface area contributed by atoms with Crippen LogP contribution in [0.3, 0.4) is 0 Å². The maximum Gasteiger partial charge on any atom is -0.0181 e. The van der Waals surface area contributed by atoms with Crippen LogP contribution in [0.5, 0.6) is 0 Å². The minimum absolute atomic E-state index is 0.919. The molecule has 0 bridgehead atoms. The Morgan fingerprint density at radius 3 is 2.32 bits per heavy atom. The lowest BCUT2D eigenvalue weighted by atomic mass is 9.69. The quantitative estimate of drug-likeness (QED) is 0.454. The molecule has 2 aromatic rings. The van der Waals surface area contributed by atoms with Crippen molar-refractivity contribution < 1.29 is 0 Å². The van der Waals surface area contributed by atoms with Crippen LogP contribution in [0.25, 0.3) is 11.1 Å². The predicted octanol–water partition coefficient (Wildman–Crippen LogP) is 7.79. The van der Waals surface area contributed by atoms with Crippen LogP contribution in [0.1, 0.15) is 68.6 Å². The highest BCUT2D eigenvalue weighted by molar-refractivity contribution is 5.65. The molecule has 0 saturated heterocycles.